The van der Waals surface area contributed by atoms with Crippen LogP contribution in [0.3, 0.4) is 0 Å². The highest BCUT2D eigenvalue weighted by Gasteiger charge is 2.22. The van der Waals surface area contributed by atoms with Crippen molar-refractivity contribution in [2.75, 3.05) is 0 Å². The summed E-state index contributed by atoms with van der Waals surface area (Å²) in [6, 6.07) is 5.98. The summed E-state index contributed by atoms with van der Waals surface area (Å²) in [5.74, 6) is -0.394. The number of aryl methyl sites for hydroxylation is 1. The van der Waals surface area contributed by atoms with E-state index in [4.69, 9.17) is 5.11 Å². The fourth-order valence-electron chi connectivity index (χ4n) is 2.42. The Bertz CT molecular complexity index is 695. The molecule has 21 heavy (non-hydrogen) atoms. The molecule has 0 saturated heterocycles. The molecule has 1 aromatic heterocycles. The second kappa shape index (κ2) is 5.35. The molecule has 0 aliphatic carbocycles. The summed E-state index contributed by atoms with van der Waals surface area (Å²) in [7, 11) is 0. The van der Waals surface area contributed by atoms with Gasteiger partial charge in [0, 0.05) is 18.0 Å². The molecule has 108 valence electrons. The van der Waals surface area contributed by atoms with Gasteiger partial charge in [-0.3, -0.25) is 4.79 Å². The summed E-state index contributed by atoms with van der Waals surface area (Å²) < 4.78 is 1.78. The zero-order valence-corrected chi connectivity index (χ0v) is 11.2. The number of aromatic carboxylic acids is 1. The third-order valence-corrected chi connectivity index (χ3v) is 3.51. The first-order valence-corrected chi connectivity index (χ1v) is 6.64. The van der Waals surface area contributed by atoms with Crippen molar-refractivity contribution in [1.82, 2.24) is 20.1 Å². The molecule has 1 aromatic carbocycles. The number of nitrogens with one attached hydrogen (secondary N) is 1. The van der Waals surface area contributed by atoms with Crippen molar-refractivity contribution in [2.45, 2.75) is 25.4 Å². The number of carboxylic acids is 1. The molecule has 1 amide bonds. The van der Waals surface area contributed by atoms with Crippen molar-refractivity contribution in [2.24, 2.45) is 0 Å². The molecule has 0 bridgehead atoms. The first kappa shape index (κ1) is 13.3. The van der Waals surface area contributed by atoms with Crippen LogP contribution in [0.4, 0.5) is 0 Å². The fourth-order valence-corrected chi connectivity index (χ4v) is 2.42. The van der Waals surface area contributed by atoms with Crippen LogP contribution >= 0.6 is 0 Å². The van der Waals surface area contributed by atoms with Gasteiger partial charge in [0.05, 0.1) is 12.1 Å². The minimum absolute atomic E-state index is 0.0276. The Hall–Kier alpha value is -2.70. The zero-order chi connectivity index (χ0) is 14.8. The lowest BCUT2D eigenvalue weighted by Gasteiger charge is -2.23. The van der Waals surface area contributed by atoms with Gasteiger partial charge >= 0.3 is 5.97 Å². The number of nitrogens with zero attached hydrogens (tertiary/aromatic N) is 3. The van der Waals surface area contributed by atoms with Crippen molar-refractivity contribution < 1.29 is 14.7 Å². The highest BCUT2D eigenvalue weighted by Crippen LogP contribution is 2.12. The minimum Gasteiger partial charge on any atom is -0.478 e. The van der Waals surface area contributed by atoms with Crippen molar-refractivity contribution in [1.29, 1.82) is 0 Å². The van der Waals surface area contributed by atoms with Gasteiger partial charge in [0.15, 0.2) is 0 Å². The largest absolute Gasteiger partial charge is 0.478 e. The number of benzene rings is 1. The van der Waals surface area contributed by atoms with Crippen molar-refractivity contribution in [3.63, 3.8) is 0 Å². The average molecular weight is 286 g/mol. The second-order valence-corrected chi connectivity index (χ2v) is 4.95. The van der Waals surface area contributed by atoms with E-state index in [0.717, 1.165) is 18.7 Å². The number of fused-ring (bicyclic) bond motifs is 1. The molecule has 0 fully saturated rings. The normalized spacial score (nSPS) is 17.0. The van der Waals surface area contributed by atoms with Crippen LogP contribution < -0.4 is 5.32 Å². The zero-order valence-electron chi connectivity index (χ0n) is 11.2. The monoisotopic (exact) mass is 286 g/mol. The van der Waals surface area contributed by atoms with Crippen LogP contribution in [0.1, 0.15) is 33.0 Å². The summed E-state index contributed by atoms with van der Waals surface area (Å²) in [6.45, 7) is 0.583. The summed E-state index contributed by atoms with van der Waals surface area (Å²) >= 11 is 0. The third-order valence-electron chi connectivity index (χ3n) is 3.51. The predicted octanol–water partition coefficient (Wildman–Crippen LogP) is 0.721. The smallest absolute Gasteiger partial charge is 0.335 e. The number of aromatic nitrogens is 3. The van der Waals surface area contributed by atoms with Crippen LogP contribution in [0, 0.1) is 0 Å². The standard InChI is InChI=1S/C14H14N4O3/c19-13(9-2-1-3-10(6-9)14(20)21)17-11-4-5-12-15-8-16-18(12)7-11/h1-3,6,8,11H,4-5,7H2,(H,17,19)(H,20,21)/t11-/m1/s1. The van der Waals surface area contributed by atoms with E-state index < -0.39 is 5.97 Å². The van der Waals surface area contributed by atoms with Crippen LogP contribution in [0.15, 0.2) is 30.6 Å². The van der Waals surface area contributed by atoms with Crippen LogP contribution in [0.5, 0.6) is 0 Å². The van der Waals surface area contributed by atoms with Crippen LogP contribution in [0.25, 0.3) is 0 Å². The van der Waals surface area contributed by atoms with Crippen LogP contribution in [0.2, 0.25) is 0 Å². The van der Waals surface area contributed by atoms with Gasteiger partial charge < -0.3 is 10.4 Å². The molecule has 2 aromatic rings. The Morgan fingerprint density at radius 2 is 2.14 bits per heavy atom. The Morgan fingerprint density at radius 1 is 1.33 bits per heavy atom. The molecule has 7 heteroatoms. The van der Waals surface area contributed by atoms with Gasteiger partial charge in [0.1, 0.15) is 12.2 Å². The van der Waals surface area contributed by atoms with Gasteiger partial charge in [-0.1, -0.05) is 6.07 Å². The fraction of sp³-hybridized carbons (Fsp3) is 0.286. The average Bonchev–Trinajstić information content (AvgIpc) is 2.95. The molecule has 3 rings (SSSR count). The predicted molar refractivity (Wildman–Crippen MR) is 73.0 cm³/mol. The molecule has 0 spiro atoms. The van der Waals surface area contributed by atoms with E-state index in [1.807, 2.05) is 0 Å². The number of rotatable bonds is 3. The maximum absolute atomic E-state index is 12.2. The van der Waals surface area contributed by atoms with Crippen LogP contribution in [-0.4, -0.2) is 37.8 Å². The van der Waals surface area contributed by atoms with Gasteiger partial charge in [-0.05, 0) is 24.6 Å². The lowest BCUT2D eigenvalue weighted by molar-refractivity contribution is 0.0697. The number of amides is 1. The second-order valence-electron chi connectivity index (χ2n) is 4.95. The molecule has 1 atom stereocenters. The van der Waals surface area contributed by atoms with Gasteiger partial charge in [-0.2, -0.15) is 5.10 Å². The SMILES string of the molecule is O=C(O)c1cccc(C(=O)N[C@@H]2CCc3ncnn3C2)c1. The third kappa shape index (κ3) is 2.76. The first-order chi connectivity index (χ1) is 10.1. The highest BCUT2D eigenvalue weighted by molar-refractivity contribution is 5.97. The Labute approximate surface area is 120 Å². The van der Waals surface area contributed by atoms with E-state index in [1.165, 1.54) is 18.5 Å². The van der Waals surface area contributed by atoms with Crippen LogP contribution in [-0.2, 0) is 13.0 Å². The molecule has 1 aliphatic rings. The molecule has 0 radical (unpaired) electrons. The Balaban J connectivity index is 1.70. The quantitative estimate of drug-likeness (QED) is 0.866. The maximum Gasteiger partial charge on any atom is 0.335 e. The molecule has 7 nitrogen and oxygen atoms in total. The van der Waals surface area contributed by atoms with E-state index >= 15 is 0 Å². The van der Waals surface area contributed by atoms with Crippen molar-refractivity contribution in [3.8, 4) is 0 Å². The topological polar surface area (TPSA) is 97.1 Å². The number of carboxylic acid groups (broad SMARTS) is 1. The van der Waals surface area contributed by atoms with Gasteiger partial charge in [-0.15, -0.1) is 0 Å². The highest BCUT2D eigenvalue weighted by atomic mass is 16.4. The molecule has 0 unspecified atom stereocenters. The molecule has 2 N–H and O–H groups in total. The van der Waals surface area contributed by atoms with Crippen molar-refractivity contribution >= 4 is 11.9 Å². The lowest BCUT2D eigenvalue weighted by Crippen LogP contribution is -2.41. The summed E-state index contributed by atoms with van der Waals surface area (Å²) in [4.78, 5) is 27.2. The van der Waals surface area contributed by atoms with E-state index in [0.29, 0.717) is 12.1 Å². The number of hydrogen-bond donors (Lipinski definition) is 2. The maximum atomic E-state index is 12.2. The first-order valence-electron chi connectivity index (χ1n) is 6.64. The van der Waals surface area contributed by atoms with E-state index in [2.05, 4.69) is 15.4 Å². The van der Waals surface area contributed by atoms with E-state index in [-0.39, 0.29) is 17.5 Å². The van der Waals surface area contributed by atoms with Gasteiger partial charge in [0.2, 0.25) is 0 Å². The lowest BCUT2D eigenvalue weighted by atomic mass is 10.1. The minimum atomic E-state index is -1.05. The molecule has 2 heterocycles. The Morgan fingerprint density at radius 3 is 2.95 bits per heavy atom. The van der Waals surface area contributed by atoms with Gasteiger partial charge in [0.25, 0.3) is 5.91 Å². The summed E-state index contributed by atoms with van der Waals surface area (Å²) in [6.07, 6.45) is 3.07. The van der Waals surface area contributed by atoms with Crippen molar-refractivity contribution in [3.05, 3.63) is 47.5 Å². The molecule has 1 aliphatic heterocycles. The van der Waals surface area contributed by atoms with Gasteiger partial charge in [-0.25, -0.2) is 14.5 Å². The number of carbonyl (C=O) groups is 2. The number of hydrogen-bond acceptors (Lipinski definition) is 4. The summed E-state index contributed by atoms with van der Waals surface area (Å²) in [5, 5.41) is 16.0. The Kier molecular flexibility index (Phi) is 3.39. The molecular weight excluding hydrogens is 272 g/mol. The number of carbonyl (C=O) groups excluding carboxylic acids is 1. The molecule has 0 saturated carbocycles. The summed E-state index contributed by atoms with van der Waals surface area (Å²) in [5.41, 5.74) is 0.448. The van der Waals surface area contributed by atoms with E-state index in [9.17, 15) is 9.59 Å². The van der Waals surface area contributed by atoms with E-state index in [1.54, 1.807) is 16.8 Å². The molecular formula is C14H14N4O3.